The Morgan fingerprint density at radius 3 is 2.36 bits per heavy atom. The molecule has 0 saturated heterocycles. The van der Waals surface area contributed by atoms with Crippen molar-refractivity contribution >= 4 is 11.9 Å². The lowest BCUT2D eigenvalue weighted by Gasteiger charge is -2.13. The van der Waals surface area contributed by atoms with Crippen molar-refractivity contribution in [3.05, 3.63) is 0 Å². The van der Waals surface area contributed by atoms with Gasteiger partial charge in [0, 0.05) is 0 Å². The Morgan fingerprint density at radius 1 is 1.36 bits per heavy atom. The van der Waals surface area contributed by atoms with Gasteiger partial charge in [-0.15, -0.1) is 0 Å². The molecule has 3 amide bonds. The Bertz CT molecular complexity index is 206. The summed E-state index contributed by atoms with van der Waals surface area (Å²) in [5.41, 5.74) is 7.27. The molecule has 1 unspecified atom stereocenters. The molecule has 0 saturated carbocycles. The monoisotopic (exact) mass is 203 g/mol. The maximum absolute atomic E-state index is 11.1. The minimum Gasteiger partial charge on any atom is -0.351 e. The van der Waals surface area contributed by atoms with Crippen LogP contribution in [0.2, 0.25) is 0 Å². The van der Waals surface area contributed by atoms with E-state index in [-0.39, 0.29) is 0 Å². The van der Waals surface area contributed by atoms with Crippen LogP contribution in [0.5, 0.6) is 0 Å². The van der Waals surface area contributed by atoms with E-state index in [0.717, 1.165) is 0 Å². The van der Waals surface area contributed by atoms with Gasteiger partial charge in [0.05, 0.1) is 6.61 Å². The fraction of sp³-hybridized carbons (Fsp3) is 0.750. The second kappa shape index (κ2) is 6.33. The third-order valence-electron chi connectivity index (χ3n) is 1.32. The third-order valence-corrected chi connectivity index (χ3v) is 1.32. The number of carbonyl (C=O) groups excluding carboxylic acids is 2. The topological polar surface area (TPSA) is 93.4 Å². The van der Waals surface area contributed by atoms with E-state index in [0.29, 0.717) is 12.5 Å². The van der Waals surface area contributed by atoms with Crippen LogP contribution in [0.3, 0.4) is 0 Å². The SMILES string of the molecule is CC(C)CONC(C)C(=O)NC(N)=O. The summed E-state index contributed by atoms with van der Waals surface area (Å²) in [5.74, 6) is -0.143. The first-order valence-corrected chi connectivity index (χ1v) is 4.41. The van der Waals surface area contributed by atoms with Gasteiger partial charge in [-0.2, -0.15) is 5.48 Å². The Labute approximate surface area is 83.1 Å². The van der Waals surface area contributed by atoms with Gasteiger partial charge >= 0.3 is 6.03 Å². The lowest BCUT2D eigenvalue weighted by molar-refractivity contribution is -0.126. The molecule has 0 heterocycles. The summed E-state index contributed by atoms with van der Waals surface area (Å²) in [6.07, 6.45) is 0. The number of urea groups is 1. The van der Waals surface area contributed by atoms with Crippen LogP contribution in [0.25, 0.3) is 0 Å². The molecule has 0 fully saturated rings. The summed E-state index contributed by atoms with van der Waals surface area (Å²) < 4.78 is 0. The van der Waals surface area contributed by atoms with Gasteiger partial charge in [0.2, 0.25) is 5.91 Å². The first-order chi connectivity index (χ1) is 6.43. The van der Waals surface area contributed by atoms with E-state index in [1.165, 1.54) is 0 Å². The van der Waals surface area contributed by atoms with Gasteiger partial charge in [0.1, 0.15) is 6.04 Å². The zero-order valence-corrected chi connectivity index (χ0v) is 8.66. The van der Waals surface area contributed by atoms with Crippen LogP contribution >= 0.6 is 0 Å². The number of imide groups is 1. The maximum atomic E-state index is 11.1. The largest absolute Gasteiger partial charge is 0.351 e. The van der Waals surface area contributed by atoms with Gasteiger partial charge in [-0.3, -0.25) is 10.1 Å². The molecule has 0 aromatic heterocycles. The van der Waals surface area contributed by atoms with Crippen LogP contribution in [-0.2, 0) is 9.63 Å². The Hall–Kier alpha value is -1.14. The molecule has 0 aliphatic rings. The molecular formula is C8H17N3O3. The molecule has 0 bridgehead atoms. The first-order valence-electron chi connectivity index (χ1n) is 4.41. The predicted octanol–water partition coefficient (Wildman–Crippen LogP) is -0.253. The molecule has 6 nitrogen and oxygen atoms in total. The van der Waals surface area contributed by atoms with Crippen LogP contribution in [0.15, 0.2) is 0 Å². The highest BCUT2D eigenvalue weighted by molar-refractivity contribution is 5.95. The normalized spacial score (nSPS) is 12.6. The Kier molecular flexibility index (Phi) is 5.82. The molecule has 0 radical (unpaired) electrons. The van der Waals surface area contributed by atoms with E-state index in [2.05, 4.69) is 5.48 Å². The number of primary amides is 1. The van der Waals surface area contributed by atoms with Crippen LogP contribution < -0.4 is 16.5 Å². The van der Waals surface area contributed by atoms with E-state index in [1.807, 2.05) is 19.2 Å². The van der Waals surface area contributed by atoms with Crippen molar-refractivity contribution in [3.8, 4) is 0 Å². The summed E-state index contributed by atoms with van der Waals surface area (Å²) in [5, 5.41) is 1.94. The highest BCUT2D eigenvalue weighted by Gasteiger charge is 2.13. The van der Waals surface area contributed by atoms with Crippen LogP contribution in [0.1, 0.15) is 20.8 Å². The van der Waals surface area contributed by atoms with Crippen LogP contribution in [-0.4, -0.2) is 24.6 Å². The van der Waals surface area contributed by atoms with Crippen molar-refractivity contribution in [1.82, 2.24) is 10.8 Å². The first kappa shape index (κ1) is 12.9. The van der Waals surface area contributed by atoms with E-state index < -0.39 is 18.0 Å². The fourth-order valence-corrected chi connectivity index (χ4v) is 0.623. The van der Waals surface area contributed by atoms with E-state index in [1.54, 1.807) is 6.92 Å². The summed E-state index contributed by atoms with van der Waals surface area (Å²) >= 11 is 0. The number of hydroxylamine groups is 1. The highest BCUT2D eigenvalue weighted by Crippen LogP contribution is 1.91. The molecule has 1 atom stereocenters. The van der Waals surface area contributed by atoms with Crippen molar-refractivity contribution in [1.29, 1.82) is 0 Å². The summed E-state index contributed by atoms with van der Waals surface area (Å²) in [4.78, 5) is 26.4. The van der Waals surface area contributed by atoms with E-state index >= 15 is 0 Å². The van der Waals surface area contributed by atoms with Crippen molar-refractivity contribution in [2.75, 3.05) is 6.61 Å². The molecule has 6 heteroatoms. The number of nitrogens with one attached hydrogen (secondary N) is 2. The molecule has 4 N–H and O–H groups in total. The molecule has 82 valence electrons. The lowest BCUT2D eigenvalue weighted by Crippen LogP contribution is -2.46. The number of carbonyl (C=O) groups is 2. The van der Waals surface area contributed by atoms with Gasteiger partial charge in [-0.1, -0.05) is 13.8 Å². The van der Waals surface area contributed by atoms with Gasteiger partial charge in [-0.25, -0.2) is 4.79 Å². The minimum absolute atomic E-state index is 0.369. The molecule has 0 aliphatic heterocycles. The minimum atomic E-state index is -0.868. The standard InChI is InChI=1S/C8H17N3O3/c1-5(2)4-14-11-6(3)7(12)10-8(9)13/h5-6,11H,4H2,1-3H3,(H3,9,10,12,13). The zero-order valence-electron chi connectivity index (χ0n) is 8.66. The zero-order chi connectivity index (χ0) is 11.1. The number of rotatable bonds is 5. The number of hydrogen-bond donors (Lipinski definition) is 3. The van der Waals surface area contributed by atoms with Gasteiger partial charge in [-0.05, 0) is 12.8 Å². The number of nitrogens with two attached hydrogens (primary N) is 1. The van der Waals surface area contributed by atoms with Crippen LogP contribution in [0.4, 0.5) is 4.79 Å². The quantitative estimate of drug-likeness (QED) is 0.537. The molecule has 0 rings (SSSR count). The molecule has 0 spiro atoms. The molecule has 0 aromatic carbocycles. The van der Waals surface area contributed by atoms with Crippen molar-refractivity contribution < 1.29 is 14.4 Å². The second-order valence-corrected chi connectivity index (χ2v) is 3.40. The third kappa shape index (κ3) is 6.38. The summed E-state index contributed by atoms with van der Waals surface area (Å²) in [7, 11) is 0. The van der Waals surface area contributed by atoms with E-state index in [4.69, 9.17) is 10.6 Å². The van der Waals surface area contributed by atoms with Gasteiger partial charge in [0.25, 0.3) is 0 Å². The lowest BCUT2D eigenvalue weighted by atomic mass is 10.2. The molecule has 0 aliphatic carbocycles. The maximum Gasteiger partial charge on any atom is 0.318 e. The number of hydrogen-bond acceptors (Lipinski definition) is 4. The number of amides is 3. The fourth-order valence-electron chi connectivity index (χ4n) is 0.623. The predicted molar refractivity (Wildman–Crippen MR) is 51.1 cm³/mol. The average Bonchev–Trinajstić information content (AvgIpc) is 2.01. The van der Waals surface area contributed by atoms with E-state index in [9.17, 15) is 9.59 Å². The molecular weight excluding hydrogens is 186 g/mol. The highest BCUT2D eigenvalue weighted by atomic mass is 16.6. The molecule has 14 heavy (non-hydrogen) atoms. The Balaban J connectivity index is 3.67. The van der Waals surface area contributed by atoms with Crippen molar-refractivity contribution in [2.24, 2.45) is 11.7 Å². The second-order valence-electron chi connectivity index (χ2n) is 3.40. The van der Waals surface area contributed by atoms with Crippen molar-refractivity contribution in [2.45, 2.75) is 26.8 Å². The van der Waals surface area contributed by atoms with Gasteiger partial charge in [0.15, 0.2) is 0 Å². The Morgan fingerprint density at radius 2 is 1.93 bits per heavy atom. The smallest absolute Gasteiger partial charge is 0.318 e. The average molecular weight is 203 g/mol. The van der Waals surface area contributed by atoms with Gasteiger partial charge < -0.3 is 10.6 Å². The van der Waals surface area contributed by atoms with Crippen LogP contribution in [0, 0.1) is 5.92 Å². The summed E-state index contributed by atoms with van der Waals surface area (Å²) in [6, 6.07) is -1.48. The molecule has 0 aromatic rings. The van der Waals surface area contributed by atoms with Crippen molar-refractivity contribution in [3.63, 3.8) is 0 Å². The summed E-state index contributed by atoms with van der Waals surface area (Å²) in [6.45, 7) is 6.03.